The molecule has 0 bridgehead atoms. The number of alkyl halides is 3. The quantitative estimate of drug-likeness (QED) is 0.742. The highest BCUT2D eigenvalue weighted by atomic mass is 19.4. The highest BCUT2D eigenvalue weighted by Crippen LogP contribution is 2.31. The predicted molar refractivity (Wildman–Crippen MR) is 88.3 cm³/mol. The summed E-state index contributed by atoms with van der Waals surface area (Å²) >= 11 is 0. The predicted octanol–water partition coefficient (Wildman–Crippen LogP) is 4.15. The van der Waals surface area contributed by atoms with Crippen LogP contribution in [-0.4, -0.2) is 33.4 Å². The van der Waals surface area contributed by atoms with Gasteiger partial charge in [0.15, 0.2) is 0 Å². The van der Waals surface area contributed by atoms with Crippen LogP contribution in [0.2, 0.25) is 0 Å². The van der Waals surface area contributed by atoms with Crippen molar-refractivity contribution in [2.24, 2.45) is 0 Å². The summed E-state index contributed by atoms with van der Waals surface area (Å²) in [5, 5.41) is 16.9. The van der Waals surface area contributed by atoms with Crippen LogP contribution in [0, 0.1) is 0 Å². The molecule has 0 radical (unpaired) electrons. The lowest BCUT2D eigenvalue weighted by atomic mass is 10.2. The van der Waals surface area contributed by atoms with Crippen molar-refractivity contribution >= 4 is 12.0 Å². The number of hydrogen-bond acceptors (Lipinski definition) is 4. The molecule has 1 aromatic heterocycles. The Morgan fingerprint density at radius 3 is 2.24 bits per heavy atom. The Morgan fingerprint density at radius 1 is 1.28 bits per heavy atom. The number of carbonyl (C=O) groups is 1. The Hall–Kier alpha value is -2.09. The van der Waals surface area contributed by atoms with Crippen molar-refractivity contribution in [1.82, 2.24) is 4.98 Å². The number of hydrogen-bond donors (Lipinski definition) is 2. The third kappa shape index (κ3) is 9.71. The fourth-order valence-corrected chi connectivity index (χ4v) is 1.27. The summed E-state index contributed by atoms with van der Waals surface area (Å²) < 4.78 is 43.1. The van der Waals surface area contributed by atoms with Crippen molar-refractivity contribution in [3.63, 3.8) is 0 Å². The van der Waals surface area contributed by atoms with Crippen LogP contribution < -0.4 is 4.74 Å². The number of pyridine rings is 1. The Morgan fingerprint density at radius 2 is 1.84 bits per heavy atom. The highest BCUT2D eigenvalue weighted by molar-refractivity contribution is 5.85. The lowest BCUT2D eigenvalue weighted by Gasteiger charge is -2.15. The van der Waals surface area contributed by atoms with E-state index < -0.39 is 17.8 Å². The SMILES string of the molecule is CCC(C)O.CCC(C)Oc1nc(C(F)(F)F)ccc1/C=C/C(=O)O. The number of nitrogens with zero attached hydrogens (tertiary/aromatic N) is 1. The molecule has 0 aliphatic carbocycles. The summed E-state index contributed by atoms with van der Waals surface area (Å²) in [7, 11) is 0. The van der Waals surface area contributed by atoms with E-state index in [9.17, 15) is 18.0 Å². The minimum atomic E-state index is -4.58. The molecule has 0 saturated carbocycles. The second-order valence-corrected chi connectivity index (χ2v) is 5.35. The van der Waals surface area contributed by atoms with Crippen LogP contribution in [0.15, 0.2) is 18.2 Å². The Kier molecular flexibility index (Phi) is 9.81. The van der Waals surface area contributed by atoms with Gasteiger partial charge in [-0.05, 0) is 44.9 Å². The molecule has 1 aromatic rings. The molecule has 0 aliphatic heterocycles. The fraction of sp³-hybridized carbons (Fsp3) is 0.529. The van der Waals surface area contributed by atoms with Crippen molar-refractivity contribution < 1.29 is 32.9 Å². The molecule has 0 spiro atoms. The number of aliphatic hydroxyl groups is 1. The number of aromatic nitrogens is 1. The van der Waals surface area contributed by atoms with Crippen LogP contribution in [0.1, 0.15) is 51.8 Å². The zero-order valence-corrected chi connectivity index (χ0v) is 14.7. The van der Waals surface area contributed by atoms with Gasteiger partial charge in [0.2, 0.25) is 5.88 Å². The Labute approximate surface area is 145 Å². The van der Waals surface area contributed by atoms with Gasteiger partial charge in [-0.1, -0.05) is 13.8 Å². The molecule has 2 unspecified atom stereocenters. The van der Waals surface area contributed by atoms with E-state index in [2.05, 4.69) is 4.98 Å². The minimum absolute atomic E-state index is 0.116. The summed E-state index contributed by atoms with van der Waals surface area (Å²) in [6, 6.07) is 1.91. The smallest absolute Gasteiger partial charge is 0.433 e. The van der Waals surface area contributed by atoms with Gasteiger partial charge in [-0.2, -0.15) is 13.2 Å². The van der Waals surface area contributed by atoms with Gasteiger partial charge in [-0.15, -0.1) is 0 Å². The minimum Gasteiger partial charge on any atom is -0.478 e. The molecule has 1 heterocycles. The first-order valence-electron chi connectivity index (χ1n) is 7.85. The van der Waals surface area contributed by atoms with Crippen LogP contribution in [0.25, 0.3) is 6.08 Å². The number of carboxylic acids is 1. The van der Waals surface area contributed by atoms with Crippen molar-refractivity contribution in [3.05, 3.63) is 29.5 Å². The van der Waals surface area contributed by atoms with Crippen LogP contribution in [0.4, 0.5) is 13.2 Å². The maximum atomic E-state index is 12.6. The summed E-state index contributed by atoms with van der Waals surface area (Å²) in [5.74, 6) is -1.44. The molecule has 0 aliphatic rings. The molecule has 2 atom stereocenters. The lowest BCUT2D eigenvalue weighted by molar-refractivity contribution is -0.141. The first kappa shape index (κ1) is 22.9. The number of aliphatic carboxylic acids is 1. The number of aliphatic hydroxyl groups excluding tert-OH is 1. The van der Waals surface area contributed by atoms with E-state index in [0.29, 0.717) is 6.42 Å². The molecule has 0 fully saturated rings. The van der Waals surface area contributed by atoms with Gasteiger partial charge in [0.05, 0.1) is 12.2 Å². The average Bonchev–Trinajstić information content (AvgIpc) is 2.52. The van der Waals surface area contributed by atoms with E-state index in [4.69, 9.17) is 14.9 Å². The van der Waals surface area contributed by atoms with Gasteiger partial charge >= 0.3 is 12.1 Å². The lowest BCUT2D eigenvalue weighted by Crippen LogP contribution is -2.15. The van der Waals surface area contributed by atoms with Crippen molar-refractivity contribution in [2.75, 3.05) is 0 Å². The average molecular weight is 363 g/mol. The number of halogens is 3. The summed E-state index contributed by atoms with van der Waals surface area (Å²) in [5.41, 5.74) is -0.899. The van der Waals surface area contributed by atoms with E-state index >= 15 is 0 Å². The molecule has 25 heavy (non-hydrogen) atoms. The first-order valence-corrected chi connectivity index (χ1v) is 7.85. The van der Waals surface area contributed by atoms with Gasteiger partial charge in [-0.3, -0.25) is 0 Å². The molecular weight excluding hydrogens is 339 g/mol. The van der Waals surface area contributed by atoms with E-state index in [1.165, 1.54) is 0 Å². The maximum absolute atomic E-state index is 12.6. The van der Waals surface area contributed by atoms with Gasteiger partial charge in [0.1, 0.15) is 5.69 Å². The normalized spacial score (nSPS) is 13.8. The maximum Gasteiger partial charge on any atom is 0.433 e. The third-order valence-corrected chi connectivity index (χ3v) is 3.06. The second-order valence-electron chi connectivity index (χ2n) is 5.35. The monoisotopic (exact) mass is 363 g/mol. The van der Waals surface area contributed by atoms with Gasteiger partial charge < -0.3 is 14.9 Å². The molecule has 1 rings (SSSR count). The first-order chi connectivity index (χ1) is 11.5. The molecule has 8 heteroatoms. The number of ether oxygens (including phenoxy) is 1. The standard InChI is InChI=1S/C13H14F3NO3.C4H10O/c1-3-8(2)20-12-9(5-7-11(18)19)4-6-10(17-12)13(14,15)16;1-3-4(2)5/h4-8H,3H2,1-2H3,(H,18,19);4-5H,3H2,1-2H3/b7-5+;. The zero-order valence-electron chi connectivity index (χ0n) is 14.7. The molecule has 142 valence electrons. The largest absolute Gasteiger partial charge is 0.478 e. The Bertz CT molecular complexity index is 572. The van der Waals surface area contributed by atoms with E-state index in [0.717, 1.165) is 30.7 Å². The third-order valence-electron chi connectivity index (χ3n) is 3.06. The molecule has 2 N–H and O–H groups in total. The van der Waals surface area contributed by atoms with Crippen LogP contribution in [0.5, 0.6) is 5.88 Å². The highest BCUT2D eigenvalue weighted by Gasteiger charge is 2.33. The van der Waals surface area contributed by atoms with Gasteiger partial charge in [0, 0.05) is 11.6 Å². The molecule has 0 amide bonds. The Balaban J connectivity index is 0.00000101. The van der Waals surface area contributed by atoms with Crippen LogP contribution >= 0.6 is 0 Å². The van der Waals surface area contributed by atoms with Crippen molar-refractivity contribution in [2.45, 2.75) is 58.9 Å². The number of carboxylic acid groups (broad SMARTS) is 1. The molecule has 0 saturated heterocycles. The van der Waals surface area contributed by atoms with Crippen LogP contribution in [0.3, 0.4) is 0 Å². The van der Waals surface area contributed by atoms with Crippen molar-refractivity contribution in [3.8, 4) is 5.88 Å². The summed E-state index contributed by atoms with van der Waals surface area (Å²) in [6.45, 7) is 7.22. The summed E-state index contributed by atoms with van der Waals surface area (Å²) in [4.78, 5) is 13.9. The zero-order chi connectivity index (χ0) is 19.6. The molecule has 0 aromatic carbocycles. The topological polar surface area (TPSA) is 79.7 Å². The molecular formula is C17H24F3NO4. The summed E-state index contributed by atoms with van der Waals surface area (Å²) in [6.07, 6.45) is -1.62. The van der Waals surface area contributed by atoms with Crippen LogP contribution in [-0.2, 0) is 11.0 Å². The van der Waals surface area contributed by atoms with E-state index in [-0.39, 0.29) is 23.7 Å². The van der Waals surface area contributed by atoms with Gasteiger partial charge in [-0.25, -0.2) is 9.78 Å². The number of rotatable bonds is 6. The van der Waals surface area contributed by atoms with E-state index in [1.807, 2.05) is 13.8 Å². The fourth-order valence-electron chi connectivity index (χ4n) is 1.27. The molecule has 5 nitrogen and oxygen atoms in total. The van der Waals surface area contributed by atoms with E-state index in [1.54, 1.807) is 13.8 Å². The van der Waals surface area contributed by atoms with Crippen molar-refractivity contribution in [1.29, 1.82) is 0 Å². The second kappa shape index (κ2) is 10.7. The van der Waals surface area contributed by atoms with Gasteiger partial charge in [0.25, 0.3) is 0 Å².